The maximum absolute atomic E-state index is 12.2. The van der Waals surface area contributed by atoms with Crippen LogP contribution in [0.5, 0.6) is 0 Å². The topological polar surface area (TPSA) is 46.7 Å². The number of benzene rings is 1. The van der Waals surface area contributed by atoms with Gasteiger partial charge in [0, 0.05) is 17.8 Å². The molecule has 0 unspecified atom stereocenters. The van der Waals surface area contributed by atoms with Gasteiger partial charge in [0.15, 0.2) is 12.4 Å². The molecule has 4 heteroatoms. The lowest BCUT2D eigenvalue weighted by atomic mass is 10.1. The number of aromatic nitrogens is 3. The van der Waals surface area contributed by atoms with E-state index in [2.05, 4.69) is 9.97 Å². The fourth-order valence-corrected chi connectivity index (χ4v) is 2.11. The average Bonchev–Trinajstić information content (AvgIpc) is 2.57. The van der Waals surface area contributed by atoms with E-state index in [1.165, 1.54) is 6.33 Å². The Balaban J connectivity index is 1.83. The van der Waals surface area contributed by atoms with Crippen molar-refractivity contribution in [2.45, 2.75) is 6.54 Å². The molecule has 0 atom stereocenters. The standard InChI is InChI=1S/C17H14N3O/c21-17(14-5-2-1-3-6-14)12-20-10-4-7-15(11-20)16-8-9-18-13-19-16/h1-11,13H,12H2/q+1. The van der Waals surface area contributed by atoms with Crippen molar-refractivity contribution in [3.8, 4) is 11.3 Å². The van der Waals surface area contributed by atoms with Crippen molar-refractivity contribution in [1.29, 1.82) is 0 Å². The van der Waals surface area contributed by atoms with Gasteiger partial charge in [-0.05, 0) is 12.1 Å². The maximum Gasteiger partial charge on any atom is 0.227 e. The van der Waals surface area contributed by atoms with Crippen LogP contribution in [0.3, 0.4) is 0 Å². The van der Waals surface area contributed by atoms with Gasteiger partial charge in [0.05, 0.1) is 11.3 Å². The zero-order valence-corrected chi connectivity index (χ0v) is 11.4. The predicted octanol–water partition coefficient (Wildman–Crippen LogP) is 2.31. The monoisotopic (exact) mass is 276 g/mol. The number of nitrogens with zero attached hydrogens (tertiary/aromatic N) is 3. The van der Waals surface area contributed by atoms with Crippen molar-refractivity contribution in [3.63, 3.8) is 0 Å². The van der Waals surface area contributed by atoms with Gasteiger partial charge in [-0.25, -0.2) is 9.97 Å². The second-order valence-corrected chi connectivity index (χ2v) is 4.65. The molecule has 0 saturated carbocycles. The van der Waals surface area contributed by atoms with E-state index in [9.17, 15) is 4.79 Å². The number of carbonyl (C=O) groups excluding carboxylic acids is 1. The van der Waals surface area contributed by atoms with Crippen LogP contribution in [0.2, 0.25) is 0 Å². The van der Waals surface area contributed by atoms with Gasteiger partial charge in [-0.1, -0.05) is 30.3 Å². The highest BCUT2D eigenvalue weighted by Gasteiger charge is 2.12. The van der Waals surface area contributed by atoms with Crippen LogP contribution in [0, 0.1) is 0 Å². The van der Waals surface area contributed by atoms with Crippen LogP contribution in [-0.4, -0.2) is 15.8 Å². The second-order valence-electron chi connectivity index (χ2n) is 4.65. The van der Waals surface area contributed by atoms with Gasteiger partial charge in [0.1, 0.15) is 6.33 Å². The highest BCUT2D eigenvalue weighted by atomic mass is 16.1. The molecular weight excluding hydrogens is 262 g/mol. The summed E-state index contributed by atoms with van der Waals surface area (Å²) in [6.07, 6.45) is 7.02. The lowest BCUT2D eigenvalue weighted by Gasteiger charge is -2.01. The van der Waals surface area contributed by atoms with Crippen molar-refractivity contribution < 1.29 is 9.36 Å². The summed E-state index contributed by atoms with van der Waals surface area (Å²) in [5.74, 6) is 0.0837. The molecule has 21 heavy (non-hydrogen) atoms. The third-order valence-electron chi connectivity index (χ3n) is 3.16. The Labute approximate surface area is 122 Å². The lowest BCUT2D eigenvalue weighted by Crippen LogP contribution is -2.37. The smallest absolute Gasteiger partial charge is 0.227 e. The van der Waals surface area contributed by atoms with E-state index in [1.54, 1.807) is 6.20 Å². The van der Waals surface area contributed by atoms with Gasteiger partial charge in [0.25, 0.3) is 0 Å². The van der Waals surface area contributed by atoms with Crippen LogP contribution in [-0.2, 0) is 6.54 Å². The van der Waals surface area contributed by atoms with Crippen molar-refractivity contribution in [2.24, 2.45) is 0 Å². The summed E-state index contributed by atoms with van der Waals surface area (Å²) in [5, 5.41) is 0. The second kappa shape index (κ2) is 6.05. The zero-order valence-electron chi connectivity index (χ0n) is 11.4. The molecule has 0 aliphatic carbocycles. The van der Waals surface area contributed by atoms with Crippen LogP contribution in [0.4, 0.5) is 0 Å². The lowest BCUT2D eigenvalue weighted by molar-refractivity contribution is -0.682. The Morgan fingerprint density at radius 1 is 1.05 bits per heavy atom. The van der Waals surface area contributed by atoms with E-state index in [1.807, 2.05) is 65.5 Å². The molecule has 0 radical (unpaired) electrons. The Kier molecular flexibility index (Phi) is 3.78. The van der Waals surface area contributed by atoms with Crippen LogP contribution < -0.4 is 4.57 Å². The van der Waals surface area contributed by atoms with Crippen LogP contribution >= 0.6 is 0 Å². The zero-order chi connectivity index (χ0) is 14.5. The van der Waals surface area contributed by atoms with E-state index in [0.717, 1.165) is 16.8 Å². The molecule has 4 nitrogen and oxygen atoms in total. The summed E-state index contributed by atoms with van der Waals surface area (Å²) in [7, 11) is 0. The summed E-state index contributed by atoms with van der Waals surface area (Å²) in [4.78, 5) is 20.3. The SMILES string of the molecule is O=C(C[n+]1cccc(-c2ccncn2)c1)c1ccccc1. The molecular formula is C17H14N3O+. The minimum Gasteiger partial charge on any atom is -0.287 e. The summed E-state index contributed by atoms with van der Waals surface area (Å²) in [6, 6.07) is 15.0. The highest BCUT2D eigenvalue weighted by molar-refractivity contribution is 5.94. The molecule has 2 aromatic heterocycles. The number of ketones is 1. The Hall–Kier alpha value is -2.88. The van der Waals surface area contributed by atoms with Gasteiger partial charge < -0.3 is 0 Å². The molecule has 0 amide bonds. The summed E-state index contributed by atoms with van der Waals surface area (Å²) >= 11 is 0. The quantitative estimate of drug-likeness (QED) is 0.542. The van der Waals surface area contributed by atoms with Crippen molar-refractivity contribution >= 4 is 5.78 Å². The van der Waals surface area contributed by atoms with Gasteiger partial charge in [0.2, 0.25) is 12.3 Å². The van der Waals surface area contributed by atoms with E-state index < -0.39 is 0 Å². The molecule has 0 spiro atoms. The van der Waals surface area contributed by atoms with E-state index in [0.29, 0.717) is 6.54 Å². The van der Waals surface area contributed by atoms with Crippen LogP contribution in [0.25, 0.3) is 11.3 Å². The van der Waals surface area contributed by atoms with Gasteiger partial charge in [-0.3, -0.25) is 4.79 Å². The number of pyridine rings is 1. The molecule has 2 heterocycles. The summed E-state index contributed by atoms with van der Waals surface area (Å²) in [6.45, 7) is 0.308. The van der Waals surface area contributed by atoms with Crippen molar-refractivity contribution in [1.82, 2.24) is 9.97 Å². The number of hydrogen-bond acceptors (Lipinski definition) is 3. The largest absolute Gasteiger partial charge is 0.287 e. The molecule has 3 aromatic rings. The maximum atomic E-state index is 12.2. The van der Waals surface area contributed by atoms with Crippen molar-refractivity contribution in [3.05, 3.63) is 79.0 Å². The number of hydrogen-bond donors (Lipinski definition) is 0. The summed E-state index contributed by atoms with van der Waals surface area (Å²) in [5.41, 5.74) is 2.52. The van der Waals surface area contributed by atoms with Gasteiger partial charge in [-0.2, -0.15) is 4.57 Å². The molecule has 1 aromatic carbocycles. The first kappa shape index (κ1) is 13.1. The fourth-order valence-electron chi connectivity index (χ4n) is 2.11. The summed E-state index contributed by atoms with van der Waals surface area (Å²) < 4.78 is 1.87. The minimum absolute atomic E-state index is 0.0837. The molecule has 0 fully saturated rings. The highest BCUT2D eigenvalue weighted by Crippen LogP contribution is 2.12. The average molecular weight is 276 g/mol. The Morgan fingerprint density at radius 2 is 1.90 bits per heavy atom. The molecule has 102 valence electrons. The molecule has 0 aliphatic rings. The molecule has 0 saturated heterocycles. The molecule has 0 aliphatic heterocycles. The predicted molar refractivity (Wildman–Crippen MR) is 78.4 cm³/mol. The molecule has 0 bridgehead atoms. The third-order valence-corrected chi connectivity index (χ3v) is 3.16. The minimum atomic E-state index is 0.0837. The van der Waals surface area contributed by atoms with Crippen LogP contribution in [0.1, 0.15) is 10.4 Å². The first-order valence-corrected chi connectivity index (χ1v) is 6.67. The number of rotatable bonds is 4. The third kappa shape index (κ3) is 3.17. The van der Waals surface area contributed by atoms with E-state index >= 15 is 0 Å². The van der Waals surface area contributed by atoms with Gasteiger partial charge >= 0.3 is 0 Å². The number of Topliss-reactive ketones (excluding diaryl/α,β-unsaturated/α-hetero) is 1. The Bertz CT molecular complexity index is 742. The van der Waals surface area contributed by atoms with Gasteiger partial charge in [-0.15, -0.1) is 0 Å². The Morgan fingerprint density at radius 3 is 2.67 bits per heavy atom. The van der Waals surface area contributed by atoms with Crippen LogP contribution in [0.15, 0.2) is 73.4 Å². The van der Waals surface area contributed by atoms with E-state index in [-0.39, 0.29) is 5.78 Å². The number of carbonyl (C=O) groups is 1. The molecule has 0 N–H and O–H groups in total. The first-order valence-electron chi connectivity index (χ1n) is 6.67. The first-order chi connectivity index (χ1) is 10.3. The normalized spacial score (nSPS) is 10.3. The fraction of sp³-hybridized carbons (Fsp3) is 0.0588. The molecule has 3 rings (SSSR count). The van der Waals surface area contributed by atoms with E-state index in [4.69, 9.17) is 0 Å². The van der Waals surface area contributed by atoms with Crippen molar-refractivity contribution in [2.75, 3.05) is 0 Å².